The molecule has 5 rings (SSSR count). The zero-order valence-electron chi connectivity index (χ0n) is 18.4. The number of carboxylic acids is 1. The number of aromatic nitrogens is 3. The van der Waals surface area contributed by atoms with Gasteiger partial charge in [-0.25, -0.2) is 14.6 Å². The Morgan fingerprint density at radius 3 is 2.29 bits per heavy atom. The van der Waals surface area contributed by atoms with Crippen LogP contribution < -0.4 is 4.74 Å². The number of halogens is 1. The van der Waals surface area contributed by atoms with Gasteiger partial charge in [0.1, 0.15) is 5.75 Å². The second kappa shape index (κ2) is 8.93. The van der Waals surface area contributed by atoms with E-state index >= 15 is 0 Å². The lowest BCUT2D eigenvalue weighted by Crippen LogP contribution is -2.00. The molecular weight excluding hydrogens is 464 g/mol. The molecule has 0 radical (unpaired) electrons. The number of carbonyl (C=O) groups is 1. The number of fused-ring (bicyclic) bond motifs is 1. The molecule has 0 spiro atoms. The summed E-state index contributed by atoms with van der Waals surface area (Å²) in [7, 11) is 0. The Bertz CT molecular complexity index is 1620. The summed E-state index contributed by atoms with van der Waals surface area (Å²) in [5, 5.41) is 9.78. The van der Waals surface area contributed by atoms with E-state index in [-0.39, 0.29) is 11.6 Å². The van der Waals surface area contributed by atoms with E-state index in [0.29, 0.717) is 38.9 Å². The molecule has 0 fully saturated rings. The summed E-state index contributed by atoms with van der Waals surface area (Å²) < 4.78 is 5.74. The Kier molecular flexibility index (Phi) is 5.65. The number of hydrogen-bond acceptors (Lipinski definition) is 4. The molecule has 0 aliphatic heterocycles. The van der Waals surface area contributed by atoms with Crippen LogP contribution in [0.5, 0.6) is 11.8 Å². The predicted molar refractivity (Wildman–Crippen MR) is 134 cm³/mol. The zero-order valence-corrected chi connectivity index (χ0v) is 19.2. The number of rotatable bonds is 5. The average Bonchev–Trinajstić information content (AvgIpc) is 3.25. The predicted octanol–water partition coefficient (Wildman–Crippen LogP) is 7.30. The van der Waals surface area contributed by atoms with Gasteiger partial charge in [0.15, 0.2) is 11.3 Å². The van der Waals surface area contributed by atoms with Crippen LogP contribution in [-0.4, -0.2) is 26.0 Å². The number of benzene rings is 3. The Hall–Kier alpha value is -4.67. The summed E-state index contributed by atoms with van der Waals surface area (Å²) >= 11 is 6.53. The number of H-pyrrole nitrogens is 1. The number of aromatic amines is 1. The maximum Gasteiger partial charge on any atom is 0.336 e. The van der Waals surface area contributed by atoms with Gasteiger partial charge in [-0.2, -0.15) is 4.98 Å². The van der Waals surface area contributed by atoms with Gasteiger partial charge in [-0.3, -0.25) is 0 Å². The van der Waals surface area contributed by atoms with E-state index in [2.05, 4.69) is 19.8 Å². The van der Waals surface area contributed by atoms with Crippen LogP contribution in [0.2, 0.25) is 5.02 Å². The van der Waals surface area contributed by atoms with E-state index in [4.69, 9.17) is 22.9 Å². The number of carboxylic acid groups (broad SMARTS) is 1. The lowest BCUT2D eigenvalue weighted by Gasteiger charge is -2.06. The maximum absolute atomic E-state index is 11.4. The smallest absolute Gasteiger partial charge is 0.336 e. The molecular formula is C27H17ClN4O3. The van der Waals surface area contributed by atoms with Crippen molar-refractivity contribution in [2.24, 2.45) is 0 Å². The van der Waals surface area contributed by atoms with Crippen molar-refractivity contribution in [1.29, 1.82) is 0 Å². The van der Waals surface area contributed by atoms with Crippen molar-refractivity contribution < 1.29 is 14.6 Å². The van der Waals surface area contributed by atoms with Gasteiger partial charge in [-0.05, 0) is 41.8 Å². The van der Waals surface area contributed by atoms with Crippen molar-refractivity contribution in [1.82, 2.24) is 15.0 Å². The second-order valence-corrected chi connectivity index (χ2v) is 8.26. The summed E-state index contributed by atoms with van der Waals surface area (Å²) in [6, 6.07) is 21.9. The van der Waals surface area contributed by atoms with Gasteiger partial charge in [0.05, 0.1) is 28.4 Å². The fraction of sp³-hybridized carbons (Fsp3) is 0.0370. The zero-order chi connectivity index (χ0) is 24.5. The first kappa shape index (κ1) is 22.1. The van der Waals surface area contributed by atoms with Crippen LogP contribution in [0.1, 0.15) is 15.9 Å². The van der Waals surface area contributed by atoms with Gasteiger partial charge in [-0.1, -0.05) is 66.2 Å². The molecule has 8 heteroatoms. The number of aryl methyl sites for hydroxylation is 1. The first-order chi connectivity index (χ1) is 16.9. The Morgan fingerprint density at radius 2 is 1.63 bits per heavy atom. The van der Waals surface area contributed by atoms with E-state index in [1.165, 1.54) is 6.07 Å². The van der Waals surface area contributed by atoms with Gasteiger partial charge in [0, 0.05) is 5.56 Å². The Morgan fingerprint density at radius 1 is 0.971 bits per heavy atom. The molecule has 0 bridgehead atoms. The molecule has 0 amide bonds. The SMILES string of the molecule is [C-]#[N+]c1ccc(-c2ccc(-c3nc4nc(Oc5ccc(C)c(C(=O)O)c5)[nH]c4cc3Cl)cc2)cc1. The minimum absolute atomic E-state index is 0.160. The molecule has 35 heavy (non-hydrogen) atoms. The third kappa shape index (κ3) is 4.43. The van der Waals surface area contributed by atoms with Crippen LogP contribution in [0.15, 0.2) is 72.8 Å². The van der Waals surface area contributed by atoms with Crippen LogP contribution in [0.3, 0.4) is 0 Å². The summed E-state index contributed by atoms with van der Waals surface area (Å²) in [6.45, 7) is 8.80. The largest absolute Gasteiger partial charge is 0.478 e. The van der Waals surface area contributed by atoms with Crippen molar-refractivity contribution in [3.63, 3.8) is 0 Å². The van der Waals surface area contributed by atoms with Gasteiger partial charge in [0.25, 0.3) is 0 Å². The van der Waals surface area contributed by atoms with E-state index in [0.717, 1.165) is 16.7 Å². The monoisotopic (exact) mass is 480 g/mol. The average molecular weight is 481 g/mol. The highest BCUT2D eigenvalue weighted by Gasteiger charge is 2.14. The second-order valence-electron chi connectivity index (χ2n) is 7.85. The summed E-state index contributed by atoms with van der Waals surface area (Å²) in [5.74, 6) is -0.680. The number of imidazole rings is 1. The third-order valence-corrected chi connectivity index (χ3v) is 5.84. The molecule has 0 unspecified atom stereocenters. The van der Waals surface area contributed by atoms with Crippen molar-refractivity contribution in [3.05, 3.63) is 100 Å². The fourth-order valence-electron chi connectivity index (χ4n) is 3.70. The van der Waals surface area contributed by atoms with Crippen molar-refractivity contribution in [3.8, 4) is 34.1 Å². The summed E-state index contributed by atoms with van der Waals surface area (Å²) in [4.78, 5) is 26.8. The number of hydrogen-bond donors (Lipinski definition) is 2. The standard InChI is InChI=1S/C27H17ClN4O3/c1-15-3-12-20(13-21(15)26(33)34)35-27-30-23-14-22(28)24(31-25(23)32-27)18-6-4-16(5-7-18)17-8-10-19(29-2)11-9-17/h3-14H,1H3,(H,33,34)(H,30,31,32). The lowest BCUT2D eigenvalue weighted by atomic mass is 10.0. The summed E-state index contributed by atoms with van der Waals surface area (Å²) in [6.07, 6.45) is 0. The van der Waals surface area contributed by atoms with Crippen LogP contribution in [0, 0.1) is 13.5 Å². The first-order valence-electron chi connectivity index (χ1n) is 10.6. The quantitative estimate of drug-likeness (QED) is 0.257. The topological polar surface area (TPSA) is 92.5 Å². The van der Waals surface area contributed by atoms with Crippen LogP contribution in [0.4, 0.5) is 5.69 Å². The normalized spacial score (nSPS) is 10.8. The van der Waals surface area contributed by atoms with E-state index in [9.17, 15) is 9.90 Å². The Labute approximate surface area is 205 Å². The molecule has 2 aromatic heterocycles. The van der Waals surface area contributed by atoms with E-state index < -0.39 is 5.97 Å². The van der Waals surface area contributed by atoms with Crippen LogP contribution in [0.25, 0.3) is 38.4 Å². The highest BCUT2D eigenvalue weighted by molar-refractivity contribution is 6.33. The number of pyridine rings is 1. The van der Waals surface area contributed by atoms with E-state index in [1.807, 2.05) is 36.4 Å². The van der Waals surface area contributed by atoms with Gasteiger partial charge in [-0.15, -0.1) is 0 Å². The molecule has 0 saturated heterocycles. The van der Waals surface area contributed by atoms with Crippen molar-refractivity contribution >= 4 is 34.4 Å². The fourth-order valence-corrected chi connectivity index (χ4v) is 3.96. The molecule has 0 aliphatic carbocycles. The van der Waals surface area contributed by atoms with Gasteiger partial charge in [0.2, 0.25) is 0 Å². The number of ether oxygens (including phenoxy) is 1. The molecule has 170 valence electrons. The molecule has 2 N–H and O–H groups in total. The molecule has 7 nitrogen and oxygen atoms in total. The molecule has 2 heterocycles. The maximum atomic E-state index is 11.4. The molecule has 5 aromatic rings. The first-order valence-corrected chi connectivity index (χ1v) is 11.0. The van der Waals surface area contributed by atoms with Gasteiger partial charge < -0.3 is 14.8 Å². The number of aromatic carboxylic acids is 1. The van der Waals surface area contributed by atoms with Crippen molar-refractivity contribution in [2.75, 3.05) is 0 Å². The van der Waals surface area contributed by atoms with Crippen LogP contribution in [-0.2, 0) is 0 Å². The van der Waals surface area contributed by atoms with E-state index in [1.54, 1.807) is 37.3 Å². The number of nitrogens with one attached hydrogen (secondary N) is 1. The van der Waals surface area contributed by atoms with Crippen LogP contribution >= 0.6 is 11.6 Å². The lowest BCUT2D eigenvalue weighted by molar-refractivity contribution is 0.0695. The molecule has 0 atom stereocenters. The number of nitrogens with zero attached hydrogens (tertiary/aromatic N) is 3. The highest BCUT2D eigenvalue weighted by atomic mass is 35.5. The van der Waals surface area contributed by atoms with Crippen molar-refractivity contribution in [2.45, 2.75) is 6.92 Å². The van der Waals surface area contributed by atoms with Gasteiger partial charge >= 0.3 is 12.0 Å². The minimum Gasteiger partial charge on any atom is -0.478 e. The minimum atomic E-state index is -1.03. The molecule has 0 saturated carbocycles. The third-order valence-electron chi connectivity index (χ3n) is 5.55. The highest BCUT2D eigenvalue weighted by Crippen LogP contribution is 2.32. The molecule has 0 aliphatic rings. The molecule has 3 aromatic carbocycles. The summed E-state index contributed by atoms with van der Waals surface area (Å²) in [5.41, 5.74) is 5.84. The Balaban J connectivity index is 1.43.